The van der Waals surface area contributed by atoms with Crippen LogP contribution in [0.2, 0.25) is 0 Å². The third-order valence-corrected chi connectivity index (χ3v) is 7.18. The first-order chi connectivity index (χ1) is 19.2. The summed E-state index contributed by atoms with van der Waals surface area (Å²) in [6, 6.07) is 9.46. The molecular formula is C28H29F2N7O3. The van der Waals surface area contributed by atoms with Gasteiger partial charge in [-0.15, -0.1) is 0 Å². The van der Waals surface area contributed by atoms with E-state index >= 15 is 0 Å². The molecule has 1 aliphatic carbocycles. The van der Waals surface area contributed by atoms with Crippen LogP contribution in [-0.2, 0) is 0 Å². The fourth-order valence-electron chi connectivity index (χ4n) is 5.12. The third kappa shape index (κ3) is 4.23. The number of hydrogen-bond donors (Lipinski definition) is 1. The monoisotopic (exact) mass is 549 g/mol. The molecule has 3 heterocycles. The second-order valence-electron chi connectivity index (χ2n) is 10.1. The molecule has 1 aliphatic rings. The molecule has 0 spiro atoms. The topological polar surface area (TPSA) is 101 Å². The highest BCUT2D eigenvalue weighted by atomic mass is 19.3. The minimum atomic E-state index is -2.68. The van der Waals surface area contributed by atoms with Gasteiger partial charge >= 0.3 is 0 Å². The Balaban J connectivity index is 1.44. The number of halogens is 2. The van der Waals surface area contributed by atoms with Gasteiger partial charge in [-0.2, -0.15) is 10.2 Å². The minimum absolute atomic E-state index is 0.0380. The van der Waals surface area contributed by atoms with Gasteiger partial charge in [0.05, 0.1) is 56.0 Å². The van der Waals surface area contributed by atoms with Gasteiger partial charge in [0.1, 0.15) is 11.6 Å². The van der Waals surface area contributed by atoms with E-state index in [1.54, 1.807) is 43.1 Å². The summed E-state index contributed by atoms with van der Waals surface area (Å²) in [5.41, 5.74) is 2.90. The Morgan fingerprint density at radius 1 is 0.950 bits per heavy atom. The van der Waals surface area contributed by atoms with E-state index in [0.717, 1.165) is 22.3 Å². The van der Waals surface area contributed by atoms with Gasteiger partial charge in [-0.25, -0.2) is 28.1 Å². The zero-order valence-corrected chi connectivity index (χ0v) is 22.8. The number of ether oxygens (including phenoxy) is 3. The second kappa shape index (κ2) is 9.61. The Morgan fingerprint density at radius 2 is 1.65 bits per heavy atom. The fourth-order valence-corrected chi connectivity index (χ4v) is 5.12. The highest BCUT2D eigenvalue weighted by molar-refractivity contribution is 5.97. The van der Waals surface area contributed by atoms with Crippen LogP contribution in [0.5, 0.6) is 17.2 Å². The quantitative estimate of drug-likeness (QED) is 0.251. The van der Waals surface area contributed by atoms with Crippen LogP contribution in [-0.4, -0.2) is 56.8 Å². The van der Waals surface area contributed by atoms with Crippen molar-refractivity contribution in [3.8, 4) is 22.9 Å². The number of benzene rings is 2. The third-order valence-electron chi connectivity index (χ3n) is 7.18. The van der Waals surface area contributed by atoms with Gasteiger partial charge in [0.15, 0.2) is 17.1 Å². The lowest BCUT2D eigenvalue weighted by Crippen LogP contribution is -2.34. The predicted molar refractivity (Wildman–Crippen MR) is 147 cm³/mol. The van der Waals surface area contributed by atoms with Gasteiger partial charge in [0.25, 0.3) is 0 Å². The molecule has 0 aliphatic heterocycles. The van der Waals surface area contributed by atoms with Crippen LogP contribution in [0.4, 0.5) is 20.3 Å². The normalized spacial score (nSPS) is 15.0. The maximum atomic E-state index is 13.7. The standard InChI is InChI=1S/C28H29F2N7O3/c1-15(2)36-27-19(14-31-36)26(34-25(35-27)16-11-28(29,30)12-16)33-20-7-6-8-21-18(20)13-32-37(21)17-9-22(38-3)24(40-5)23(10-17)39-4/h6-10,13-16H,11-12H2,1-5H3,(H,33,34,35). The molecule has 1 saturated carbocycles. The van der Waals surface area contributed by atoms with Crippen molar-refractivity contribution in [3.63, 3.8) is 0 Å². The number of aromatic nitrogens is 6. The van der Waals surface area contributed by atoms with Crippen molar-refractivity contribution in [3.05, 3.63) is 48.5 Å². The molecule has 3 aromatic heterocycles. The van der Waals surface area contributed by atoms with Crippen LogP contribution in [0.25, 0.3) is 27.6 Å². The van der Waals surface area contributed by atoms with Crippen molar-refractivity contribution >= 4 is 33.4 Å². The highest BCUT2D eigenvalue weighted by Gasteiger charge is 2.47. The van der Waals surface area contributed by atoms with Gasteiger partial charge in [-0.3, -0.25) is 0 Å². The molecular weight excluding hydrogens is 520 g/mol. The van der Waals surface area contributed by atoms with E-state index in [-0.39, 0.29) is 18.9 Å². The Bertz CT molecular complexity index is 1700. The van der Waals surface area contributed by atoms with E-state index in [0.29, 0.717) is 39.9 Å². The van der Waals surface area contributed by atoms with E-state index in [9.17, 15) is 8.78 Å². The fraction of sp³-hybridized carbons (Fsp3) is 0.357. The average molecular weight is 550 g/mol. The van der Waals surface area contributed by atoms with Crippen LogP contribution >= 0.6 is 0 Å². The zero-order chi connectivity index (χ0) is 28.2. The molecule has 12 heteroatoms. The molecule has 40 heavy (non-hydrogen) atoms. The lowest BCUT2D eigenvalue weighted by Gasteiger charge is -2.33. The average Bonchev–Trinajstić information content (AvgIpc) is 3.56. The molecule has 0 unspecified atom stereocenters. The number of hydrogen-bond acceptors (Lipinski definition) is 8. The van der Waals surface area contributed by atoms with E-state index in [4.69, 9.17) is 19.2 Å². The molecule has 5 aromatic rings. The lowest BCUT2D eigenvalue weighted by atomic mass is 9.81. The van der Waals surface area contributed by atoms with Gasteiger partial charge in [-0.1, -0.05) is 6.07 Å². The summed E-state index contributed by atoms with van der Waals surface area (Å²) in [4.78, 5) is 9.37. The largest absolute Gasteiger partial charge is 0.493 e. The SMILES string of the molecule is COc1cc(-n2ncc3c(Nc4nc(C5CC(F)(F)C5)nc5c4cnn5C(C)C)cccc32)cc(OC)c1OC. The van der Waals surface area contributed by atoms with E-state index in [2.05, 4.69) is 20.5 Å². The van der Waals surface area contributed by atoms with Gasteiger partial charge < -0.3 is 19.5 Å². The summed E-state index contributed by atoms with van der Waals surface area (Å²) in [5, 5.41) is 14.1. The summed E-state index contributed by atoms with van der Waals surface area (Å²) in [6.07, 6.45) is 2.94. The van der Waals surface area contributed by atoms with Crippen molar-refractivity contribution < 1.29 is 23.0 Å². The summed E-state index contributed by atoms with van der Waals surface area (Å²) in [6.45, 7) is 3.99. The molecule has 1 N–H and O–H groups in total. The molecule has 0 radical (unpaired) electrons. The van der Waals surface area contributed by atoms with Crippen LogP contribution in [0.3, 0.4) is 0 Å². The number of methoxy groups -OCH3 is 3. The summed E-state index contributed by atoms with van der Waals surface area (Å²) >= 11 is 0. The summed E-state index contributed by atoms with van der Waals surface area (Å²) in [7, 11) is 4.68. The van der Waals surface area contributed by atoms with Gasteiger partial charge in [0.2, 0.25) is 11.7 Å². The number of nitrogens with one attached hydrogen (secondary N) is 1. The van der Waals surface area contributed by atoms with Gasteiger partial charge in [0, 0.05) is 42.3 Å². The number of rotatable bonds is 8. The maximum absolute atomic E-state index is 13.7. The number of anilines is 2. The first kappa shape index (κ1) is 25.8. The molecule has 0 atom stereocenters. The predicted octanol–water partition coefficient (Wildman–Crippen LogP) is 6.03. The number of nitrogens with zero attached hydrogens (tertiary/aromatic N) is 6. The van der Waals surface area contributed by atoms with Crippen molar-refractivity contribution in [1.29, 1.82) is 0 Å². The van der Waals surface area contributed by atoms with Crippen molar-refractivity contribution in [2.24, 2.45) is 0 Å². The molecule has 1 fully saturated rings. The van der Waals surface area contributed by atoms with Crippen LogP contribution < -0.4 is 19.5 Å². The second-order valence-corrected chi connectivity index (χ2v) is 10.1. The Labute approximate surface area is 228 Å². The molecule has 208 valence electrons. The van der Waals surface area contributed by atoms with Crippen molar-refractivity contribution in [1.82, 2.24) is 29.5 Å². The molecule has 0 bridgehead atoms. The summed E-state index contributed by atoms with van der Waals surface area (Å²) < 4.78 is 47.5. The molecule has 6 rings (SSSR count). The van der Waals surface area contributed by atoms with Gasteiger partial charge in [-0.05, 0) is 26.0 Å². The van der Waals surface area contributed by atoms with Crippen LogP contribution in [0.1, 0.15) is 44.5 Å². The van der Waals surface area contributed by atoms with Crippen LogP contribution in [0, 0.1) is 0 Å². The van der Waals surface area contributed by atoms with E-state index in [1.165, 1.54) is 0 Å². The Morgan fingerprint density at radius 3 is 2.27 bits per heavy atom. The molecule has 10 nitrogen and oxygen atoms in total. The van der Waals surface area contributed by atoms with E-state index in [1.807, 2.05) is 44.2 Å². The first-order valence-electron chi connectivity index (χ1n) is 12.9. The Hall–Kier alpha value is -4.48. The van der Waals surface area contributed by atoms with Crippen molar-refractivity contribution in [2.45, 2.75) is 44.6 Å². The lowest BCUT2D eigenvalue weighted by molar-refractivity contribution is -0.0884. The molecule has 0 amide bonds. The Kier molecular flexibility index (Phi) is 6.20. The molecule has 2 aromatic carbocycles. The first-order valence-corrected chi connectivity index (χ1v) is 12.9. The van der Waals surface area contributed by atoms with E-state index < -0.39 is 11.8 Å². The summed E-state index contributed by atoms with van der Waals surface area (Å²) in [5.74, 6) is -0.680. The molecule has 0 saturated heterocycles. The van der Waals surface area contributed by atoms with Crippen molar-refractivity contribution in [2.75, 3.05) is 26.6 Å². The number of fused-ring (bicyclic) bond motifs is 2. The maximum Gasteiger partial charge on any atom is 0.249 e. The number of alkyl halides is 2. The minimum Gasteiger partial charge on any atom is -0.493 e. The highest BCUT2D eigenvalue weighted by Crippen LogP contribution is 2.48. The van der Waals surface area contributed by atoms with Crippen LogP contribution in [0.15, 0.2) is 42.7 Å². The smallest absolute Gasteiger partial charge is 0.249 e. The zero-order valence-electron chi connectivity index (χ0n) is 22.8.